The van der Waals surface area contributed by atoms with Crippen LogP contribution in [0, 0.1) is 17.0 Å². The van der Waals surface area contributed by atoms with Crippen LogP contribution in [0.5, 0.6) is 0 Å². The SMILES string of the molecule is Cc1cccc([N+](=O)[O-])c1C(=O)N1CCN(CCO)CC1. The first-order chi connectivity index (χ1) is 10.0. The molecule has 0 aromatic heterocycles. The minimum absolute atomic E-state index is 0.0945. The lowest BCUT2D eigenvalue weighted by Gasteiger charge is -2.34. The fourth-order valence-corrected chi connectivity index (χ4v) is 2.56. The Morgan fingerprint density at radius 1 is 1.33 bits per heavy atom. The molecule has 1 heterocycles. The van der Waals surface area contributed by atoms with Crippen LogP contribution in [0.4, 0.5) is 5.69 Å². The zero-order valence-corrected chi connectivity index (χ0v) is 12.0. The summed E-state index contributed by atoms with van der Waals surface area (Å²) in [6.45, 7) is 4.78. The van der Waals surface area contributed by atoms with Crippen LogP contribution >= 0.6 is 0 Å². The summed E-state index contributed by atoms with van der Waals surface area (Å²) < 4.78 is 0. The topological polar surface area (TPSA) is 86.9 Å². The van der Waals surface area contributed by atoms with Gasteiger partial charge in [-0.1, -0.05) is 12.1 Å². The van der Waals surface area contributed by atoms with Gasteiger partial charge in [0.15, 0.2) is 0 Å². The number of aryl methyl sites for hydroxylation is 1. The number of carbonyl (C=O) groups is 1. The number of hydrogen-bond donors (Lipinski definition) is 1. The molecular weight excluding hydrogens is 274 g/mol. The Morgan fingerprint density at radius 2 is 2.00 bits per heavy atom. The number of carbonyl (C=O) groups excluding carboxylic acids is 1. The first kappa shape index (κ1) is 15.4. The van der Waals surface area contributed by atoms with E-state index >= 15 is 0 Å². The van der Waals surface area contributed by atoms with Crippen molar-refractivity contribution in [3.8, 4) is 0 Å². The van der Waals surface area contributed by atoms with E-state index in [4.69, 9.17) is 5.11 Å². The predicted molar refractivity (Wildman–Crippen MR) is 77.3 cm³/mol. The zero-order valence-electron chi connectivity index (χ0n) is 12.0. The molecule has 1 amide bonds. The summed E-state index contributed by atoms with van der Waals surface area (Å²) in [7, 11) is 0. The van der Waals surface area contributed by atoms with Crippen molar-refractivity contribution in [3.05, 3.63) is 39.4 Å². The van der Waals surface area contributed by atoms with Crippen molar-refractivity contribution in [1.82, 2.24) is 9.80 Å². The van der Waals surface area contributed by atoms with E-state index in [1.165, 1.54) is 6.07 Å². The van der Waals surface area contributed by atoms with Crippen LogP contribution in [-0.2, 0) is 0 Å². The van der Waals surface area contributed by atoms with Crippen molar-refractivity contribution in [2.75, 3.05) is 39.3 Å². The van der Waals surface area contributed by atoms with Gasteiger partial charge in [-0.05, 0) is 12.5 Å². The second kappa shape index (κ2) is 6.64. The molecule has 1 N–H and O–H groups in total. The van der Waals surface area contributed by atoms with E-state index in [-0.39, 0.29) is 23.8 Å². The van der Waals surface area contributed by atoms with Gasteiger partial charge in [0, 0.05) is 38.8 Å². The highest BCUT2D eigenvalue weighted by atomic mass is 16.6. The van der Waals surface area contributed by atoms with Gasteiger partial charge in [-0.2, -0.15) is 0 Å². The number of nitro groups is 1. The Balaban J connectivity index is 2.16. The summed E-state index contributed by atoms with van der Waals surface area (Å²) >= 11 is 0. The van der Waals surface area contributed by atoms with E-state index in [1.807, 2.05) is 0 Å². The largest absolute Gasteiger partial charge is 0.395 e. The van der Waals surface area contributed by atoms with Crippen LogP contribution in [0.1, 0.15) is 15.9 Å². The van der Waals surface area contributed by atoms with Gasteiger partial charge in [0.2, 0.25) is 0 Å². The van der Waals surface area contributed by atoms with E-state index in [1.54, 1.807) is 24.0 Å². The molecule has 114 valence electrons. The van der Waals surface area contributed by atoms with Gasteiger partial charge in [-0.25, -0.2) is 0 Å². The normalized spacial score (nSPS) is 16.0. The van der Waals surface area contributed by atoms with E-state index < -0.39 is 4.92 Å². The highest BCUT2D eigenvalue weighted by Gasteiger charge is 2.28. The molecule has 21 heavy (non-hydrogen) atoms. The number of aliphatic hydroxyl groups excluding tert-OH is 1. The van der Waals surface area contributed by atoms with E-state index in [9.17, 15) is 14.9 Å². The highest BCUT2D eigenvalue weighted by molar-refractivity contribution is 5.99. The average Bonchev–Trinajstić information content (AvgIpc) is 2.47. The summed E-state index contributed by atoms with van der Waals surface area (Å²) in [5.74, 6) is -0.288. The molecule has 0 saturated carbocycles. The number of β-amino-alcohol motifs (C(OH)–C–C–N with tert-alkyl or cyclic N) is 1. The maximum Gasteiger partial charge on any atom is 0.282 e. The van der Waals surface area contributed by atoms with E-state index in [0.29, 0.717) is 38.3 Å². The van der Waals surface area contributed by atoms with Crippen LogP contribution in [-0.4, -0.2) is 65.1 Å². The molecule has 0 radical (unpaired) electrons. The Bertz CT molecular complexity index is 539. The van der Waals surface area contributed by atoms with Gasteiger partial charge in [0.1, 0.15) is 5.56 Å². The number of amides is 1. The molecule has 0 aliphatic carbocycles. The average molecular weight is 293 g/mol. The Hall–Kier alpha value is -1.99. The second-order valence-electron chi connectivity index (χ2n) is 5.08. The fraction of sp³-hybridized carbons (Fsp3) is 0.500. The summed E-state index contributed by atoms with van der Waals surface area (Å²) in [5.41, 5.74) is 0.655. The first-order valence-electron chi connectivity index (χ1n) is 6.91. The smallest absolute Gasteiger partial charge is 0.282 e. The number of rotatable bonds is 4. The molecule has 1 fully saturated rings. The molecule has 7 nitrogen and oxygen atoms in total. The van der Waals surface area contributed by atoms with Crippen LogP contribution in [0.25, 0.3) is 0 Å². The summed E-state index contributed by atoms with van der Waals surface area (Å²) in [6, 6.07) is 4.66. The van der Waals surface area contributed by atoms with Gasteiger partial charge >= 0.3 is 0 Å². The number of nitro benzene ring substituents is 1. The number of aliphatic hydroxyl groups is 1. The molecule has 1 aliphatic heterocycles. The molecular formula is C14H19N3O4. The summed E-state index contributed by atoms with van der Waals surface area (Å²) in [5, 5.41) is 20.0. The van der Waals surface area contributed by atoms with Gasteiger partial charge in [0.25, 0.3) is 11.6 Å². The maximum atomic E-state index is 12.6. The Labute approximate surface area is 122 Å². The van der Waals surface area contributed by atoms with Crippen LogP contribution in [0.2, 0.25) is 0 Å². The van der Waals surface area contributed by atoms with Gasteiger partial charge in [-0.3, -0.25) is 19.8 Å². The zero-order chi connectivity index (χ0) is 15.4. The van der Waals surface area contributed by atoms with Crippen molar-refractivity contribution in [1.29, 1.82) is 0 Å². The van der Waals surface area contributed by atoms with Crippen LogP contribution in [0.3, 0.4) is 0 Å². The lowest BCUT2D eigenvalue weighted by atomic mass is 10.0. The maximum absolute atomic E-state index is 12.6. The monoisotopic (exact) mass is 293 g/mol. The third-order valence-corrected chi connectivity index (χ3v) is 3.74. The third-order valence-electron chi connectivity index (χ3n) is 3.74. The summed E-state index contributed by atoms with van der Waals surface area (Å²) in [6.07, 6.45) is 0. The quantitative estimate of drug-likeness (QED) is 0.650. The van der Waals surface area contributed by atoms with Crippen molar-refractivity contribution in [3.63, 3.8) is 0 Å². The minimum atomic E-state index is -0.512. The van der Waals surface area contributed by atoms with Crippen molar-refractivity contribution in [2.45, 2.75) is 6.92 Å². The third kappa shape index (κ3) is 3.37. The second-order valence-corrected chi connectivity index (χ2v) is 5.08. The van der Waals surface area contributed by atoms with Crippen LogP contribution < -0.4 is 0 Å². The molecule has 1 aromatic carbocycles. The van der Waals surface area contributed by atoms with Crippen LogP contribution in [0.15, 0.2) is 18.2 Å². The summed E-state index contributed by atoms with van der Waals surface area (Å²) in [4.78, 5) is 26.9. The molecule has 0 bridgehead atoms. The molecule has 7 heteroatoms. The minimum Gasteiger partial charge on any atom is -0.395 e. The number of hydrogen-bond acceptors (Lipinski definition) is 5. The van der Waals surface area contributed by atoms with Gasteiger partial charge in [0.05, 0.1) is 11.5 Å². The lowest BCUT2D eigenvalue weighted by Crippen LogP contribution is -2.49. The lowest BCUT2D eigenvalue weighted by molar-refractivity contribution is -0.385. The highest BCUT2D eigenvalue weighted by Crippen LogP contribution is 2.24. The molecule has 0 unspecified atom stereocenters. The Morgan fingerprint density at radius 3 is 2.57 bits per heavy atom. The molecule has 0 spiro atoms. The van der Waals surface area contributed by atoms with E-state index in [2.05, 4.69) is 4.90 Å². The molecule has 2 rings (SSSR count). The number of nitrogens with zero attached hydrogens (tertiary/aromatic N) is 3. The standard InChI is InChI=1S/C14H19N3O4/c1-11-3-2-4-12(17(20)21)13(11)14(19)16-7-5-15(6-8-16)9-10-18/h2-4,18H,5-10H2,1H3. The van der Waals surface area contributed by atoms with Gasteiger partial charge in [-0.15, -0.1) is 0 Å². The number of piperazine rings is 1. The molecule has 1 aliphatic rings. The van der Waals surface area contributed by atoms with Crippen molar-refractivity contribution in [2.24, 2.45) is 0 Å². The Kier molecular flexibility index (Phi) is 4.87. The molecule has 0 atom stereocenters. The number of benzene rings is 1. The molecule has 1 saturated heterocycles. The van der Waals surface area contributed by atoms with Crippen molar-refractivity contribution >= 4 is 11.6 Å². The van der Waals surface area contributed by atoms with Crippen molar-refractivity contribution < 1.29 is 14.8 Å². The first-order valence-corrected chi connectivity index (χ1v) is 6.91. The van der Waals surface area contributed by atoms with E-state index in [0.717, 1.165) is 0 Å². The predicted octanol–water partition coefficient (Wildman–Crippen LogP) is 0.653. The molecule has 1 aromatic rings. The fourth-order valence-electron chi connectivity index (χ4n) is 2.56. The van der Waals surface area contributed by atoms with Gasteiger partial charge < -0.3 is 10.0 Å².